The lowest BCUT2D eigenvalue weighted by Gasteiger charge is -2.11. The van der Waals surface area contributed by atoms with Gasteiger partial charge in [-0.25, -0.2) is 4.39 Å². The first-order valence-corrected chi connectivity index (χ1v) is 8.15. The molecule has 3 aromatic rings. The van der Waals surface area contributed by atoms with Crippen molar-refractivity contribution in [2.75, 3.05) is 5.32 Å². The molecule has 0 saturated carbocycles. The van der Waals surface area contributed by atoms with Crippen molar-refractivity contribution in [1.82, 2.24) is 19.6 Å². The quantitative estimate of drug-likeness (QED) is 0.731. The number of amides is 1. The third kappa shape index (κ3) is 4.18. The van der Waals surface area contributed by atoms with E-state index in [9.17, 15) is 9.18 Å². The van der Waals surface area contributed by atoms with Crippen molar-refractivity contribution in [3.05, 3.63) is 64.4 Å². The molecule has 0 saturated heterocycles. The Hall–Kier alpha value is -2.38. The first kappa shape index (κ1) is 17.4. The summed E-state index contributed by atoms with van der Waals surface area (Å²) in [6.45, 7) is 2.07. The monoisotopic (exact) mass is 381 g/mol. The molecule has 0 spiro atoms. The fourth-order valence-electron chi connectivity index (χ4n) is 2.23. The standard InChI is InChI=1S/C16H14Cl2FN5O/c1-10(24-8-12(17)5-21-24)16(25)22-14-6-20-23(9-14)7-11-2-3-13(19)4-15(11)18/h2-6,8-10H,7H2,1H3,(H,22,25). The van der Waals surface area contributed by atoms with Crippen LogP contribution in [0.3, 0.4) is 0 Å². The molecule has 1 amide bonds. The number of aromatic nitrogens is 4. The van der Waals surface area contributed by atoms with E-state index in [-0.39, 0.29) is 5.91 Å². The van der Waals surface area contributed by atoms with Crippen LogP contribution in [0.4, 0.5) is 10.1 Å². The van der Waals surface area contributed by atoms with E-state index in [0.29, 0.717) is 22.3 Å². The van der Waals surface area contributed by atoms with Crippen molar-refractivity contribution in [3.8, 4) is 0 Å². The second kappa shape index (κ2) is 7.25. The van der Waals surface area contributed by atoms with Gasteiger partial charge in [0.25, 0.3) is 0 Å². The van der Waals surface area contributed by atoms with Crippen molar-refractivity contribution >= 4 is 34.8 Å². The second-order valence-corrected chi connectivity index (χ2v) is 6.31. The molecule has 0 aliphatic rings. The molecule has 0 bridgehead atoms. The zero-order valence-corrected chi connectivity index (χ0v) is 14.7. The highest BCUT2D eigenvalue weighted by Crippen LogP contribution is 2.19. The Balaban J connectivity index is 1.66. The van der Waals surface area contributed by atoms with Gasteiger partial charge in [-0.05, 0) is 24.6 Å². The van der Waals surface area contributed by atoms with Crippen LogP contribution in [0.1, 0.15) is 18.5 Å². The van der Waals surface area contributed by atoms with Gasteiger partial charge in [0.05, 0.1) is 29.6 Å². The number of hydrogen-bond donors (Lipinski definition) is 1. The van der Waals surface area contributed by atoms with Crippen LogP contribution in [-0.4, -0.2) is 25.5 Å². The van der Waals surface area contributed by atoms with Gasteiger partial charge in [0.1, 0.15) is 11.9 Å². The van der Waals surface area contributed by atoms with E-state index >= 15 is 0 Å². The molecule has 1 unspecified atom stereocenters. The van der Waals surface area contributed by atoms with Crippen LogP contribution in [0, 0.1) is 5.82 Å². The van der Waals surface area contributed by atoms with Crippen LogP contribution in [-0.2, 0) is 11.3 Å². The average molecular weight is 382 g/mol. The molecular weight excluding hydrogens is 368 g/mol. The molecule has 1 N–H and O–H groups in total. The Labute approximate surface area is 153 Å². The number of carbonyl (C=O) groups excluding carboxylic acids is 1. The number of anilines is 1. The smallest absolute Gasteiger partial charge is 0.249 e. The van der Waals surface area contributed by atoms with Crippen molar-refractivity contribution in [3.63, 3.8) is 0 Å². The van der Waals surface area contributed by atoms with Crippen molar-refractivity contribution < 1.29 is 9.18 Å². The number of carbonyl (C=O) groups is 1. The van der Waals surface area contributed by atoms with Gasteiger partial charge >= 0.3 is 0 Å². The molecule has 0 aliphatic carbocycles. The van der Waals surface area contributed by atoms with Gasteiger partial charge in [0, 0.05) is 17.4 Å². The van der Waals surface area contributed by atoms with Gasteiger partial charge in [-0.1, -0.05) is 29.3 Å². The highest BCUT2D eigenvalue weighted by atomic mass is 35.5. The summed E-state index contributed by atoms with van der Waals surface area (Å²) >= 11 is 11.8. The summed E-state index contributed by atoms with van der Waals surface area (Å²) in [7, 11) is 0. The molecule has 25 heavy (non-hydrogen) atoms. The molecule has 1 atom stereocenters. The third-order valence-corrected chi connectivity index (χ3v) is 4.14. The second-order valence-electron chi connectivity index (χ2n) is 5.47. The number of nitrogens with zero attached hydrogens (tertiary/aromatic N) is 4. The molecule has 6 nitrogen and oxygen atoms in total. The lowest BCUT2D eigenvalue weighted by molar-refractivity contribution is -0.119. The van der Waals surface area contributed by atoms with Gasteiger partial charge in [-0.2, -0.15) is 10.2 Å². The molecule has 9 heteroatoms. The summed E-state index contributed by atoms with van der Waals surface area (Å²) in [6, 6.07) is 3.66. The molecule has 0 radical (unpaired) electrons. The Morgan fingerprint density at radius 3 is 2.76 bits per heavy atom. The molecule has 2 aromatic heterocycles. The van der Waals surface area contributed by atoms with Crippen LogP contribution < -0.4 is 5.32 Å². The maximum absolute atomic E-state index is 13.1. The van der Waals surface area contributed by atoms with Crippen molar-refractivity contribution in [1.29, 1.82) is 0 Å². The zero-order valence-electron chi connectivity index (χ0n) is 13.2. The molecule has 1 aromatic carbocycles. The number of halogens is 3. The van der Waals surface area contributed by atoms with E-state index in [1.165, 1.54) is 29.2 Å². The summed E-state index contributed by atoms with van der Waals surface area (Å²) in [5.74, 6) is -0.644. The van der Waals surface area contributed by atoms with Crippen LogP contribution in [0.25, 0.3) is 0 Å². The number of rotatable bonds is 5. The number of hydrogen-bond acceptors (Lipinski definition) is 3. The maximum atomic E-state index is 13.1. The van der Waals surface area contributed by atoms with E-state index in [0.717, 1.165) is 5.56 Å². The predicted octanol–water partition coefficient (Wildman–Crippen LogP) is 3.77. The van der Waals surface area contributed by atoms with Gasteiger partial charge in [-0.15, -0.1) is 0 Å². The van der Waals surface area contributed by atoms with E-state index in [2.05, 4.69) is 15.5 Å². The van der Waals surface area contributed by atoms with Crippen LogP contribution >= 0.6 is 23.2 Å². The average Bonchev–Trinajstić information content (AvgIpc) is 3.18. The van der Waals surface area contributed by atoms with E-state index in [1.807, 2.05) is 0 Å². The predicted molar refractivity (Wildman–Crippen MR) is 93.3 cm³/mol. The van der Waals surface area contributed by atoms with Gasteiger partial charge < -0.3 is 5.32 Å². The highest BCUT2D eigenvalue weighted by Gasteiger charge is 2.16. The van der Waals surface area contributed by atoms with E-state index < -0.39 is 11.9 Å². The van der Waals surface area contributed by atoms with Crippen LogP contribution in [0.15, 0.2) is 43.0 Å². The van der Waals surface area contributed by atoms with E-state index in [4.69, 9.17) is 23.2 Å². The number of nitrogens with one attached hydrogen (secondary N) is 1. The zero-order chi connectivity index (χ0) is 18.0. The maximum Gasteiger partial charge on any atom is 0.249 e. The fraction of sp³-hybridized carbons (Fsp3) is 0.188. The molecule has 3 rings (SSSR count). The summed E-state index contributed by atoms with van der Waals surface area (Å²) in [5.41, 5.74) is 1.26. The van der Waals surface area contributed by atoms with Crippen molar-refractivity contribution in [2.45, 2.75) is 19.5 Å². The minimum Gasteiger partial charge on any atom is -0.322 e. The largest absolute Gasteiger partial charge is 0.322 e. The lowest BCUT2D eigenvalue weighted by atomic mass is 10.2. The van der Waals surface area contributed by atoms with Gasteiger partial charge in [0.15, 0.2) is 0 Å². The van der Waals surface area contributed by atoms with Crippen molar-refractivity contribution in [2.24, 2.45) is 0 Å². The number of benzene rings is 1. The summed E-state index contributed by atoms with van der Waals surface area (Å²) in [5, 5.41) is 11.7. The van der Waals surface area contributed by atoms with E-state index in [1.54, 1.807) is 30.1 Å². The van der Waals surface area contributed by atoms with Crippen LogP contribution in [0.5, 0.6) is 0 Å². The topological polar surface area (TPSA) is 64.7 Å². The normalized spacial score (nSPS) is 12.2. The Kier molecular flexibility index (Phi) is 5.06. The molecule has 2 heterocycles. The molecular formula is C16H14Cl2FN5O. The first-order chi connectivity index (χ1) is 11.9. The van der Waals surface area contributed by atoms with Crippen LogP contribution in [0.2, 0.25) is 10.0 Å². The molecule has 0 aliphatic heterocycles. The van der Waals surface area contributed by atoms with Gasteiger partial charge in [0.2, 0.25) is 5.91 Å². The fourth-order valence-corrected chi connectivity index (χ4v) is 2.60. The summed E-state index contributed by atoms with van der Waals surface area (Å²) in [4.78, 5) is 12.3. The Morgan fingerprint density at radius 2 is 2.08 bits per heavy atom. The Morgan fingerprint density at radius 1 is 1.28 bits per heavy atom. The lowest BCUT2D eigenvalue weighted by Crippen LogP contribution is -2.23. The minimum atomic E-state index is -0.526. The summed E-state index contributed by atoms with van der Waals surface area (Å²) < 4.78 is 16.2. The first-order valence-electron chi connectivity index (χ1n) is 7.39. The highest BCUT2D eigenvalue weighted by molar-refractivity contribution is 6.31. The summed E-state index contributed by atoms with van der Waals surface area (Å²) in [6.07, 6.45) is 6.24. The molecule has 130 valence electrons. The Bertz CT molecular complexity index is 908. The third-order valence-electron chi connectivity index (χ3n) is 3.59. The molecule has 0 fully saturated rings. The SMILES string of the molecule is CC(C(=O)Nc1cnn(Cc2ccc(F)cc2Cl)c1)n1cc(Cl)cn1. The van der Waals surface area contributed by atoms with Gasteiger partial charge in [-0.3, -0.25) is 14.2 Å². The minimum absolute atomic E-state index is 0.251.